The highest BCUT2D eigenvalue weighted by atomic mass is 127. The van der Waals surface area contributed by atoms with Gasteiger partial charge in [-0.1, -0.05) is 41.7 Å². The second-order valence-corrected chi connectivity index (χ2v) is 12.5. The zero-order valence-electron chi connectivity index (χ0n) is 21.8. The van der Waals surface area contributed by atoms with E-state index in [-0.39, 0.29) is 30.2 Å². The number of aromatic nitrogens is 1. The van der Waals surface area contributed by atoms with Crippen molar-refractivity contribution in [2.45, 2.75) is 26.5 Å². The molecule has 4 aromatic rings. The molecule has 6 nitrogen and oxygen atoms in total. The molecule has 1 aliphatic rings. The van der Waals surface area contributed by atoms with Crippen LogP contribution in [0.4, 0.5) is 8.78 Å². The summed E-state index contributed by atoms with van der Waals surface area (Å²) < 4.78 is 43.0. The minimum atomic E-state index is -0.846. The second kappa shape index (κ2) is 12.5. The predicted octanol–water partition coefficient (Wildman–Crippen LogP) is 5.86. The Labute approximate surface area is 265 Å². The molecule has 1 aromatic heterocycles. The van der Waals surface area contributed by atoms with Crippen LogP contribution in [0.2, 0.25) is 0 Å². The summed E-state index contributed by atoms with van der Waals surface area (Å²) in [5.74, 6) is -0.876. The van der Waals surface area contributed by atoms with Gasteiger partial charge in [0.25, 0.3) is 5.56 Å². The summed E-state index contributed by atoms with van der Waals surface area (Å²) in [7, 11) is 0. The first-order chi connectivity index (χ1) is 19.7. The molecule has 0 spiro atoms. The van der Waals surface area contributed by atoms with Gasteiger partial charge in [0.1, 0.15) is 24.0 Å². The molecule has 0 fully saturated rings. The van der Waals surface area contributed by atoms with Crippen molar-refractivity contribution in [1.82, 2.24) is 4.57 Å². The van der Waals surface area contributed by atoms with Crippen molar-refractivity contribution in [1.29, 1.82) is 0 Å². The number of thiazole rings is 1. The lowest BCUT2D eigenvalue weighted by Gasteiger charge is -2.24. The first-order valence-electron chi connectivity index (χ1n) is 12.5. The number of ether oxygens (including phenoxy) is 2. The number of nitrogens with zero attached hydrogens (tertiary/aromatic N) is 2. The van der Waals surface area contributed by atoms with Gasteiger partial charge in [0.05, 0.1) is 32.0 Å². The molecule has 0 radical (unpaired) electrons. The zero-order chi connectivity index (χ0) is 29.3. The average Bonchev–Trinajstić information content (AvgIpc) is 3.23. The normalized spacial score (nSPS) is 15.0. The quantitative estimate of drug-likeness (QED) is 0.174. The van der Waals surface area contributed by atoms with Crippen molar-refractivity contribution in [3.8, 4) is 5.75 Å². The molecule has 11 heteroatoms. The molecule has 2 heterocycles. The smallest absolute Gasteiger partial charge is 0.338 e. The Balaban J connectivity index is 1.65. The number of benzene rings is 3. The van der Waals surface area contributed by atoms with Gasteiger partial charge >= 0.3 is 5.97 Å². The minimum Gasteiger partial charge on any atom is -0.487 e. The maximum atomic E-state index is 14.3. The summed E-state index contributed by atoms with van der Waals surface area (Å²) in [5.41, 5.74) is 1.87. The van der Waals surface area contributed by atoms with Gasteiger partial charge in [-0.15, -0.1) is 0 Å². The summed E-state index contributed by atoms with van der Waals surface area (Å²) >= 11 is 5.52. The number of allylic oxidation sites excluding steroid dienone is 1. The van der Waals surface area contributed by atoms with Crippen LogP contribution in [0.25, 0.3) is 6.08 Å². The van der Waals surface area contributed by atoms with Crippen LogP contribution in [-0.2, 0) is 16.1 Å². The summed E-state index contributed by atoms with van der Waals surface area (Å²) in [6.07, 6.45) is 1.72. The van der Waals surface area contributed by atoms with Gasteiger partial charge in [-0.05, 0) is 101 Å². The van der Waals surface area contributed by atoms with Crippen molar-refractivity contribution in [2.24, 2.45) is 4.99 Å². The lowest BCUT2D eigenvalue weighted by atomic mass is 9.96. The van der Waals surface area contributed by atoms with E-state index in [4.69, 9.17) is 9.47 Å². The Bertz CT molecular complexity index is 1870. The molecule has 0 amide bonds. The van der Waals surface area contributed by atoms with Crippen molar-refractivity contribution < 1.29 is 23.0 Å². The molecule has 1 aliphatic heterocycles. The highest BCUT2D eigenvalue weighted by Gasteiger charge is 2.33. The molecular formula is C30H22F2I2N2O4S. The Morgan fingerprint density at radius 3 is 2.56 bits per heavy atom. The van der Waals surface area contributed by atoms with Gasteiger partial charge < -0.3 is 9.47 Å². The Hall–Kier alpha value is -2.91. The van der Waals surface area contributed by atoms with E-state index in [2.05, 4.69) is 50.2 Å². The van der Waals surface area contributed by atoms with E-state index in [0.717, 1.165) is 7.14 Å². The molecule has 0 bridgehead atoms. The predicted molar refractivity (Wildman–Crippen MR) is 169 cm³/mol. The lowest BCUT2D eigenvalue weighted by molar-refractivity contribution is -0.139. The van der Waals surface area contributed by atoms with Crippen molar-refractivity contribution >= 4 is 68.6 Å². The topological polar surface area (TPSA) is 69.9 Å². The molecule has 0 aliphatic carbocycles. The van der Waals surface area contributed by atoms with Crippen molar-refractivity contribution in [2.75, 3.05) is 6.61 Å². The molecule has 0 saturated heterocycles. The van der Waals surface area contributed by atoms with Crippen LogP contribution in [0.5, 0.6) is 5.75 Å². The number of hydrogen-bond donors (Lipinski definition) is 0. The van der Waals surface area contributed by atoms with E-state index in [1.54, 1.807) is 50.3 Å². The lowest BCUT2D eigenvalue weighted by Crippen LogP contribution is -2.39. The third-order valence-corrected chi connectivity index (χ3v) is 8.76. The van der Waals surface area contributed by atoms with Crippen LogP contribution in [0.15, 0.2) is 81.7 Å². The number of fused-ring (bicyclic) bond motifs is 1. The van der Waals surface area contributed by atoms with Crippen LogP contribution in [0.1, 0.15) is 36.6 Å². The SMILES string of the molecule is CCOC(=O)C1=C(C)N=c2s/c(=C\c3cc(I)cc(I)c3OCc3ccccc3F)c(=O)n2[C@@H]1c1ccc(F)cc1. The van der Waals surface area contributed by atoms with Gasteiger partial charge in [0.2, 0.25) is 0 Å². The first-order valence-corrected chi connectivity index (χ1v) is 15.5. The zero-order valence-corrected chi connectivity index (χ0v) is 26.9. The molecule has 41 heavy (non-hydrogen) atoms. The van der Waals surface area contributed by atoms with E-state index in [9.17, 15) is 18.4 Å². The van der Waals surface area contributed by atoms with E-state index in [1.807, 2.05) is 12.1 Å². The van der Waals surface area contributed by atoms with Gasteiger partial charge in [-0.25, -0.2) is 18.6 Å². The van der Waals surface area contributed by atoms with E-state index in [1.165, 1.54) is 34.1 Å². The number of carbonyl (C=O) groups is 1. The van der Waals surface area contributed by atoms with Gasteiger partial charge in [-0.2, -0.15) is 0 Å². The Morgan fingerprint density at radius 1 is 1.12 bits per heavy atom. The summed E-state index contributed by atoms with van der Waals surface area (Å²) in [4.78, 5) is 32.0. The molecule has 3 aromatic carbocycles. The van der Waals surface area contributed by atoms with Crippen LogP contribution < -0.4 is 19.6 Å². The van der Waals surface area contributed by atoms with Crippen LogP contribution >= 0.6 is 56.5 Å². The molecule has 0 N–H and O–H groups in total. The second-order valence-electron chi connectivity index (χ2n) is 9.04. The monoisotopic (exact) mass is 798 g/mol. The summed E-state index contributed by atoms with van der Waals surface area (Å²) in [6.45, 7) is 3.55. The van der Waals surface area contributed by atoms with E-state index >= 15 is 0 Å². The number of halogens is 4. The fraction of sp³-hybridized carbons (Fsp3) is 0.167. The summed E-state index contributed by atoms with van der Waals surface area (Å²) in [5, 5.41) is 0. The first kappa shape index (κ1) is 29.6. The summed E-state index contributed by atoms with van der Waals surface area (Å²) in [6, 6.07) is 15.0. The molecular weight excluding hydrogens is 776 g/mol. The van der Waals surface area contributed by atoms with E-state index < -0.39 is 17.8 Å². The molecule has 1 atom stereocenters. The van der Waals surface area contributed by atoms with Gasteiger partial charge in [0.15, 0.2) is 4.80 Å². The van der Waals surface area contributed by atoms with Gasteiger partial charge in [0, 0.05) is 14.7 Å². The highest BCUT2D eigenvalue weighted by molar-refractivity contribution is 14.1. The van der Waals surface area contributed by atoms with Crippen LogP contribution in [-0.4, -0.2) is 17.1 Å². The maximum absolute atomic E-state index is 14.3. The minimum absolute atomic E-state index is 0.0119. The third kappa shape index (κ3) is 6.16. The number of hydrogen-bond acceptors (Lipinski definition) is 6. The third-order valence-electron chi connectivity index (χ3n) is 6.36. The van der Waals surface area contributed by atoms with Crippen molar-refractivity contribution in [3.05, 3.63) is 127 Å². The largest absolute Gasteiger partial charge is 0.487 e. The maximum Gasteiger partial charge on any atom is 0.338 e. The molecule has 0 saturated carbocycles. The fourth-order valence-corrected chi connectivity index (χ4v) is 7.58. The fourth-order valence-electron chi connectivity index (χ4n) is 4.50. The Morgan fingerprint density at radius 2 is 1.85 bits per heavy atom. The molecule has 210 valence electrons. The number of rotatable bonds is 7. The number of carbonyl (C=O) groups excluding carboxylic acids is 1. The van der Waals surface area contributed by atoms with Gasteiger partial charge in [-0.3, -0.25) is 9.36 Å². The van der Waals surface area contributed by atoms with Crippen molar-refractivity contribution in [3.63, 3.8) is 0 Å². The van der Waals surface area contributed by atoms with Crippen LogP contribution in [0, 0.1) is 18.8 Å². The standard InChI is InChI=1S/C30H22F2I2N2O4S/c1-3-39-29(38)25-16(2)35-30-36(26(25)17-8-10-20(31)11-9-17)28(37)24(41-30)13-19-12-21(33)14-23(34)27(19)40-15-18-6-4-5-7-22(18)32/h4-14,26H,3,15H2,1-2H3/b24-13-/t26-/m1/s1. The van der Waals surface area contributed by atoms with Crippen LogP contribution in [0.3, 0.4) is 0 Å². The van der Waals surface area contributed by atoms with E-state index in [0.29, 0.717) is 37.5 Å². The average molecular weight is 798 g/mol. The Kier molecular flexibility index (Phi) is 9.04. The molecule has 0 unspecified atom stereocenters. The highest BCUT2D eigenvalue weighted by Crippen LogP contribution is 2.32. The number of esters is 1. The molecule has 5 rings (SSSR count).